The molecule has 1 aromatic rings. The molecule has 0 radical (unpaired) electrons. The van der Waals surface area contributed by atoms with E-state index in [1.165, 1.54) is 4.31 Å². The minimum absolute atomic E-state index is 0.170. The van der Waals surface area contributed by atoms with Crippen LogP contribution >= 0.6 is 0 Å². The van der Waals surface area contributed by atoms with Gasteiger partial charge in [0, 0.05) is 19.6 Å². The van der Waals surface area contributed by atoms with Crippen molar-refractivity contribution < 1.29 is 13.5 Å². The molecule has 0 spiro atoms. The Bertz CT molecular complexity index is 540. The third-order valence-electron chi connectivity index (χ3n) is 3.66. The summed E-state index contributed by atoms with van der Waals surface area (Å²) in [5.41, 5.74) is 1.11. The van der Waals surface area contributed by atoms with Crippen LogP contribution in [0, 0.1) is 0 Å². The van der Waals surface area contributed by atoms with E-state index in [2.05, 4.69) is 19.2 Å². The van der Waals surface area contributed by atoms with Crippen LogP contribution in [0.4, 0.5) is 0 Å². The Morgan fingerprint density at radius 3 is 2.55 bits per heavy atom. The molecule has 6 heteroatoms. The van der Waals surface area contributed by atoms with Gasteiger partial charge in [0.1, 0.15) is 0 Å². The van der Waals surface area contributed by atoms with E-state index in [0.717, 1.165) is 5.56 Å². The Balaban J connectivity index is 2.29. The lowest BCUT2D eigenvalue weighted by molar-refractivity contribution is 0.165. The number of aliphatic hydroxyl groups excluding tert-OH is 1. The zero-order chi connectivity index (χ0) is 14.8. The van der Waals surface area contributed by atoms with Crippen molar-refractivity contribution >= 4 is 10.0 Å². The third kappa shape index (κ3) is 3.03. The van der Waals surface area contributed by atoms with Crippen LogP contribution in [0.3, 0.4) is 0 Å². The lowest BCUT2D eigenvalue weighted by Gasteiger charge is -2.34. The number of hydrogen-bond acceptors (Lipinski definition) is 4. The molecule has 5 nitrogen and oxygen atoms in total. The van der Waals surface area contributed by atoms with Crippen molar-refractivity contribution in [1.82, 2.24) is 9.62 Å². The summed E-state index contributed by atoms with van der Waals surface area (Å²) in [5, 5.41) is 12.4. The van der Waals surface area contributed by atoms with Gasteiger partial charge in [-0.05, 0) is 23.6 Å². The Hall–Kier alpha value is -0.950. The first-order chi connectivity index (χ1) is 9.46. The lowest BCUT2D eigenvalue weighted by Crippen LogP contribution is -2.54. The van der Waals surface area contributed by atoms with Crippen LogP contribution in [-0.4, -0.2) is 50.1 Å². The molecule has 0 aliphatic carbocycles. The normalized spacial score (nSPS) is 21.3. The van der Waals surface area contributed by atoms with E-state index in [-0.39, 0.29) is 6.61 Å². The second kappa shape index (κ2) is 6.22. The molecule has 1 saturated heterocycles. The van der Waals surface area contributed by atoms with Crippen molar-refractivity contribution in [2.45, 2.75) is 30.7 Å². The second-order valence-electron chi connectivity index (χ2n) is 5.38. The Kier molecular flexibility index (Phi) is 4.80. The van der Waals surface area contributed by atoms with Crippen molar-refractivity contribution in [2.75, 3.05) is 26.2 Å². The fraction of sp³-hybridized carbons (Fsp3) is 0.571. The van der Waals surface area contributed by atoms with Gasteiger partial charge in [-0.15, -0.1) is 0 Å². The highest BCUT2D eigenvalue weighted by Gasteiger charge is 2.32. The van der Waals surface area contributed by atoms with Crippen LogP contribution in [0.1, 0.15) is 25.3 Å². The van der Waals surface area contributed by atoms with Crippen LogP contribution in [0.25, 0.3) is 0 Å². The Morgan fingerprint density at radius 2 is 2.00 bits per heavy atom. The van der Waals surface area contributed by atoms with Crippen molar-refractivity contribution in [3.05, 3.63) is 29.8 Å². The monoisotopic (exact) mass is 298 g/mol. The summed E-state index contributed by atoms with van der Waals surface area (Å²) in [6.45, 7) is 5.46. The summed E-state index contributed by atoms with van der Waals surface area (Å²) in [7, 11) is -3.53. The van der Waals surface area contributed by atoms with Gasteiger partial charge in [-0.25, -0.2) is 8.42 Å². The van der Waals surface area contributed by atoms with Gasteiger partial charge in [-0.2, -0.15) is 4.31 Å². The van der Waals surface area contributed by atoms with E-state index in [0.29, 0.717) is 30.4 Å². The van der Waals surface area contributed by atoms with E-state index in [1.807, 2.05) is 12.1 Å². The van der Waals surface area contributed by atoms with E-state index < -0.39 is 16.1 Å². The fourth-order valence-electron chi connectivity index (χ4n) is 2.37. The maximum Gasteiger partial charge on any atom is 0.243 e. The molecule has 1 atom stereocenters. The second-order valence-corrected chi connectivity index (χ2v) is 7.27. The van der Waals surface area contributed by atoms with Gasteiger partial charge >= 0.3 is 0 Å². The van der Waals surface area contributed by atoms with Gasteiger partial charge in [0.2, 0.25) is 10.0 Å². The maximum absolute atomic E-state index is 12.6. The average Bonchev–Trinajstić information content (AvgIpc) is 2.47. The highest BCUT2D eigenvalue weighted by molar-refractivity contribution is 7.89. The van der Waals surface area contributed by atoms with Crippen LogP contribution < -0.4 is 5.32 Å². The number of rotatable bonds is 4. The van der Waals surface area contributed by atoms with Crippen molar-refractivity contribution in [2.24, 2.45) is 0 Å². The third-order valence-corrected chi connectivity index (χ3v) is 5.63. The minimum Gasteiger partial charge on any atom is -0.395 e. The smallest absolute Gasteiger partial charge is 0.243 e. The predicted molar refractivity (Wildman–Crippen MR) is 78.2 cm³/mol. The molecule has 1 fully saturated rings. The summed E-state index contributed by atoms with van der Waals surface area (Å²) >= 11 is 0. The van der Waals surface area contributed by atoms with Gasteiger partial charge in [-0.3, -0.25) is 0 Å². The van der Waals surface area contributed by atoms with Crippen molar-refractivity contribution in [3.63, 3.8) is 0 Å². The van der Waals surface area contributed by atoms with Gasteiger partial charge < -0.3 is 10.4 Å². The number of piperazine rings is 1. The molecule has 0 amide bonds. The summed E-state index contributed by atoms with van der Waals surface area (Å²) in [6.07, 6.45) is 0. The highest BCUT2D eigenvalue weighted by atomic mass is 32.2. The number of benzene rings is 1. The molecule has 1 aliphatic rings. The van der Waals surface area contributed by atoms with Gasteiger partial charge in [0.25, 0.3) is 0 Å². The molecule has 0 aromatic heterocycles. The first-order valence-corrected chi connectivity index (χ1v) is 8.34. The number of nitrogens with one attached hydrogen (secondary N) is 1. The average molecular weight is 298 g/mol. The molecule has 20 heavy (non-hydrogen) atoms. The molecule has 1 unspecified atom stereocenters. The summed E-state index contributed by atoms with van der Waals surface area (Å²) in [4.78, 5) is 0.294. The molecule has 2 N–H and O–H groups in total. The van der Waals surface area contributed by atoms with Crippen molar-refractivity contribution in [1.29, 1.82) is 0 Å². The summed E-state index contributed by atoms with van der Waals surface area (Å²) in [5.74, 6) is 0.371. The summed E-state index contributed by atoms with van der Waals surface area (Å²) < 4.78 is 26.6. The van der Waals surface area contributed by atoms with Crippen LogP contribution in [0.2, 0.25) is 0 Å². The highest BCUT2D eigenvalue weighted by Crippen LogP contribution is 2.22. The minimum atomic E-state index is -3.53. The SMILES string of the molecule is CC(C)c1ccc(S(=O)(=O)N2CCNCC2CO)cc1. The molecule has 0 bridgehead atoms. The number of sulfonamides is 1. The van der Waals surface area contributed by atoms with Crippen LogP contribution in [0.15, 0.2) is 29.2 Å². The van der Waals surface area contributed by atoms with Crippen LogP contribution in [0.5, 0.6) is 0 Å². The number of aliphatic hydroxyl groups is 1. The molecular formula is C14H22N2O3S. The first kappa shape index (κ1) is 15.4. The molecule has 112 valence electrons. The maximum atomic E-state index is 12.6. The fourth-order valence-corrected chi connectivity index (χ4v) is 3.99. The molecule has 0 saturated carbocycles. The van der Waals surface area contributed by atoms with Crippen molar-refractivity contribution in [3.8, 4) is 0 Å². The van der Waals surface area contributed by atoms with E-state index in [4.69, 9.17) is 0 Å². The Morgan fingerprint density at radius 1 is 1.35 bits per heavy atom. The van der Waals surface area contributed by atoms with Crippen LogP contribution in [-0.2, 0) is 10.0 Å². The first-order valence-electron chi connectivity index (χ1n) is 6.90. The van der Waals surface area contributed by atoms with E-state index in [9.17, 15) is 13.5 Å². The zero-order valence-corrected chi connectivity index (χ0v) is 12.7. The topological polar surface area (TPSA) is 69.6 Å². The lowest BCUT2D eigenvalue weighted by atomic mass is 10.0. The predicted octanol–water partition coefficient (Wildman–Crippen LogP) is 0.765. The molecule has 1 aliphatic heterocycles. The van der Waals surface area contributed by atoms with Gasteiger partial charge in [-0.1, -0.05) is 26.0 Å². The van der Waals surface area contributed by atoms with E-state index in [1.54, 1.807) is 12.1 Å². The quantitative estimate of drug-likeness (QED) is 0.861. The van der Waals surface area contributed by atoms with Gasteiger partial charge in [0.15, 0.2) is 0 Å². The molecular weight excluding hydrogens is 276 g/mol. The Labute approximate surface area is 120 Å². The van der Waals surface area contributed by atoms with E-state index >= 15 is 0 Å². The molecule has 1 heterocycles. The van der Waals surface area contributed by atoms with Gasteiger partial charge in [0.05, 0.1) is 17.5 Å². The number of nitrogens with zero attached hydrogens (tertiary/aromatic N) is 1. The standard InChI is InChI=1S/C14H22N2O3S/c1-11(2)12-3-5-14(6-4-12)20(18,19)16-8-7-15-9-13(16)10-17/h3-6,11,13,15,17H,7-10H2,1-2H3. The number of hydrogen-bond donors (Lipinski definition) is 2. The summed E-state index contributed by atoms with van der Waals surface area (Å²) in [6, 6.07) is 6.63. The molecule has 1 aromatic carbocycles. The zero-order valence-electron chi connectivity index (χ0n) is 11.9. The largest absolute Gasteiger partial charge is 0.395 e. The molecule has 2 rings (SSSR count).